The number of nitro benzene ring substituents is 1. The summed E-state index contributed by atoms with van der Waals surface area (Å²) in [6.07, 6.45) is 2.74. The van der Waals surface area contributed by atoms with E-state index in [1.165, 1.54) is 12.1 Å². The molecule has 3 aromatic carbocycles. The zero-order valence-electron chi connectivity index (χ0n) is 17.5. The highest BCUT2D eigenvalue weighted by atomic mass is 79.9. The highest BCUT2D eigenvalue weighted by Gasteiger charge is 2.31. The Hall–Kier alpha value is -3.45. The Morgan fingerprint density at radius 1 is 1.09 bits per heavy atom. The van der Waals surface area contributed by atoms with Crippen LogP contribution in [0.3, 0.4) is 0 Å². The second-order valence-corrected chi connectivity index (χ2v) is 8.34. The lowest BCUT2D eigenvalue weighted by Crippen LogP contribution is -2.26. The molecule has 1 amide bonds. The number of amides is 1. The maximum atomic E-state index is 13.2. The van der Waals surface area contributed by atoms with Crippen molar-refractivity contribution in [1.82, 2.24) is 0 Å². The summed E-state index contributed by atoms with van der Waals surface area (Å²) in [6, 6.07) is 19.7. The smallest absolute Gasteiger partial charge is 0.269 e. The van der Waals surface area contributed by atoms with Gasteiger partial charge in [0.2, 0.25) is 0 Å². The Morgan fingerprint density at radius 3 is 2.56 bits per heavy atom. The van der Waals surface area contributed by atoms with Crippen LogP contribution in [-0.2, 0) is 11.4 Å². The van der Waals surface area contributed by atoms with E-state index in [1.807, 2.05) is 53.4 Å². The summed E-state index contributed by atoms with van der Waals surface area (Å²) in [7, 11) is 0. The van der Waals surface area contributed by atoms with Crippen LogP contribution in [0, 0.1) is 10.1 Å². The summed E-state index contributed by atoms with van der Waals surface area (Å²) >= 11 is 3.50. The van der Waals surface area contributed by atoms with Crippen molar-refractivity contribution in [3.8, 4) is 5.75 Å². The van der Waals surface area contributed by atoms with Crippen LogP contribution in [0.25, 0.3) is 11.6 Å². The lowest BCUT2D eigenvalue weighted by atomic mass is 10.0. The third kappa shape index (κ3) is 4.43. The van der Waals surface area contributed by atoms with Crippen molar-refractivity contribution in [2.75, 3.05) is 11.4 Å². The average molecular weight is 493 g/mol. The molecule has 7 heteroatoms. The van der Waals surface area contributed by atoms with Crippen LogP contribution < -0.4 is 9.64 Å². The number of rotatable bonds is 7. The van der Waals surface area contributed by atoms with Gasteiger partial charge < -0.3 is 9.64 Å². The van der Waals surface area contributed by atoms with E-state index in [2.05, 4.69) is 22.9 Å². The van der Waals surface area contributed by atoms with E-state index in [9.17, 15) is 14.9 Å². The number of carbonyl (C=O) groups is 1. The molecule has 0 spiro atoms. The Morgan fingerprint density at radius 2 is 1.84 bits per heavy atom. The molecule has 0 saturated carbocycles. The fraction of sp³-hybridized carbons (Fsp3) is 0.160. The number of para-hydroxylation sites is 1. The van der Waals surface area contributed by atoms with Gasteiger partial charge in [-0.2, -0.15) is 0 Å². The second kappa shape index (κ2) is 9.36. The van der Waals surface area contributed by atoms with E-state index in [1.54, 1.807) is 12.1 Å². The Balaban J connectivity index is 1.64. The fourth-order valence-electron chi connectivity index (χ4n) is 3.69. The fourth-order valence-corrected chi connectivity index (χ4v) is 4.06. The molecule has 0 unspecified atom stereocenters. The van der Waals surface area contributed by atoms with Crippen molar-refractivity contribution in [1.29, 1.82) is 0 Å². The van der Waals surface area contributed by atoms with Gasteiger partial charge in [0.1, 0.15) is 12.4 Å². The molecule has 4 rings (SSSR count). The van der Waals surface area contributed by atoms with E-state index in [0.717, 1.165) is 33.3 Å². The minimum atomic E-state index is -0.429. The van der Waals surface area contributed by atoms with Crippen molar-refractivity contribution in [2.24, 2.45) is 0 Å². The maximum absolute atomic E-state index is 13.2. The highest BCUT2D eigenvalue weighted by molar-refractivity contribution is 9.10. The minimum Gasteiger partial charge on any atom is -0.488 e. The number of hydrogen-bond donors (Lipinski definition) is 0. The number of nitrogens with zero attached hydrogens (tertiary/aromatic N) is 2. The Bertz CT molecular complexity index is 1200. The number of nitro groups is 1. The zero-order valence-corrected chi connectivity index (χ0v) is 19.0. The van der Waals surface area contributed by atoms with Gasteiger partial charge in [0.15, 0.2) is 0 Å². The van der Waals surface area contributed by atoms with Crippen LogP contribution in [0.1, 0.15) is 30.0 Å². The summed E-state index contributed by atoms with van der Waals surface area (Å²) in [4.78, 5) is 25.4. The first-order valence-electron chi connectivity index (χ1n) is 10.3. The lowest BCUT2D eigenvalue weighted by molar-refractivity contribution is -0.384. The van der Waals surface area contributed by atoms with Gasteiger partial charge >= 0.3 is 0 Å². The predicted molar refractivity (Wildman–Crippen MR) is 129 cm³/mol. The van der Waals surface area contributed by atoms with Crippen LogP contribution in [0.15, 0.2) is 71.2 Å². The number of carbonyl (C=O) groups excluding carboxylic acids is 1. The van der Waals surface area contributed by atoms with Gasteiger partial charge in [-0.15, -0.1) is 0 Å². The van der Waals surface area contributed by atoms with E-state index in [4.69, 9.17) is 4.74 Å². The molecular formula is C25H21BrN2O4. The van der Waals surface area contributed by atoms with Gasteiger partial charge in [0, 0.05) is 39.9 Å². The van der Waals surface area contributed by atoms with Crippen molar-refractivity contribution in [3.05, 3.63) is 98.0 Å². The molecule has 0 radical (unpaired) electrons. The molecule has 0 N–H and O–H groups in total. The van der Waals surface area contributed by atoms with Gasteiger partial charge in [0.05, 0.1) is 10.6 Å². The summed E-state index contributed by atoms with van der Waals surface area (Å²) in [5.74, 6) is 0.604. The van der Waals surface area contributed by atoms with E-state index >= 15 is 0 Å². The topological polar surface area (TPSA) is 72.7 Å². The van der Waals surface area contributed by atoms with Gasteiger partial charge in [-0.1, -0.05) is 41.1 Å². The second-order valence-electron chi connectivity index (χ2n) is 7.43. The van der Waals surface area contributed by atoms with Gasteiger partial charge in [-0.05, 0) is 54.5 Å². The number of fused-ring (bicyclic) bond motifs is 1. The van der Waals surface area contributed by atoms with Crippen molar-refractivity contribution >= 4 is 44.9 Å². The molecule has 0 aliphatic carbocycles. The molecule has 0 atom stereocenters. The van der Waals surface area contributed by atoms with Gasteiger partial charge in [0.25, 0.3) is 11.6 Å². The largest absolute Gasteiger partial charge is 0.488 e. The van der Waals surface area contributed by atoms with Crippen LogP contribution in [-0.4, -0.2) is 17.4 Å². The Kier molecular flexibility index (Phi) is 6.37. The predicted octanol–water partition coefficient (Wildman–Crippen LogP) is 6.23. The molecule has 0 bridgehead atoms. The van der Waals surface area contributed by atoms with Crippen LogP contribution in [0.5, 0.6) is 5.75 Å². The van der Waals surface area contributed by atoms with Crippen LogP contribution in [0.2, 0.25) is 0 Å². The van der Waals surface area contributed by atoms with Crippen LogP contribution >= 0.6 is 15.9 Å². The van der Waals surface area contributed by atoms with E-state index in [-0.39, 0.29) is 18.2 Å². The third-order valence-electron chi connectivity index (χ3n) is 5.22. The van der Waals surface area contributed by atoms with Crippen molar-refractivity contribution < 1.29 is 14.5 Å². The van der Waals surface area contributed by atoms with E-state index < -0.39 is 4.92 Å². The summed E-state index contributed by atoms with van der Waals surface area (Å²) in [5, 5.41) is 10.8. The van der Waals surface area contributed by atoms with Gasteiger partial charge in [-0.3, -0.25) is 14.9 Å². The van der Waals surface area contributed by atoms with E-state index in [0.29, 0.717) is 17.9 Å². The normalized spacial score (nSPS) is 14.0. The molecule has 162 valence electrons. The molecule has 6 nitrogen and oxygen atoms in total. The first-order chi connectivity index (χ1) is 15.5. The molecular weight excluding hydrogens is 472 g/mol. The van der Waals surface area contributed by atoms with Crippen molar-refractivity contribution in [2.45, 2.75) is 20.0 Å². The summed E-state index contributed by atoms with van der Waals surface area (Å²) < 4.78 is 6.90. The number of non-ortho nitro benzene ring substituents is 1. The third-order valence-corrected chi connectivity index (χ3v) is 5.71. The zero-order chi connectivity index (χ0) is 22.7. The molecule has 1 heterocycles. The number of hydrogen-bond acceptors (Lipinski definition) is 4. The molecule has 0 fully saturated rings. The number of benzene rings is 3. The molecule has 1 aliphatic heterocycles. The van der Waals surface area contributed by atoms with Crippen molar-refractivity contribution in [3.63, 3.8) is 0 Å². The molecule has 0 aromatic heterocycles. The standard InChI is InChI=1S/C25H21BrN2O4/c1-2-13-27-23-6-4-3-5-21(23)22(25(27)29)15-18-14-19(26)9-12-24(18)32-16-17-7-10-20(11-8-17)28(30)31/h3-12,14-15H,2,13,16H2,1H3/b22-15-. The quantitative estimate of drug-likeness (QED) is 0.222. The molecule has 3 aromatic rings. The molecule has 32 heavy (non-hydrogen) atoms. The van der Waals surface area contributed by atoms with Gasteiger partial charge in [-0.25, -0.2) is 0 Å². The first-order valence-corrected chi connectivity index (χ1v) is 11.1. The highest BCUT2D eigenvalue weighted by Crippen LogP contribution is 2.39. The first kappa shape index (κ1) is 21.8. The monoisotopic (exact) mass is 492 g/mol. The average Bonchev–Trinajstić information content (AvgIpc) is 3.05. The number of halogens is 1. The number of anilines is 1. The summed E-state index contributed by atoms with van der Waals surface area (Å²) in [6.45, 7) is 2.97. The Labute approximate surface area is 194 Å². The lowest BCUT2D eigenvalue weighted by Gasteiger charge is -2.15. The molecule has 1 aliphatic rings. The van der Waals surface area contributed by atoms with Crippen LogP contribution in [0.4, 0.5) is 11.4 Å². The minimum absolute atomic E-state index is 0.0191. The SMILES string of the molecule is CCCN1C(=O)/C(=C\c2cc(Br)ccc2OCc2ccc([N+](=O)[O-])cc2)c2ccccc21. The summed E-state index contributed by atoms with van der Waals surface area (Å²) in [5.41, 5.74) is 4.10. The number of ether oxygens (including phenoxy) is 1. The molecule has 0 saturated heterocycles. The maximum Gasteiger partial charge on any atom is 0.269 e.